The summed E-state index contributed by atoms with van der Waals surface area (Å²) in [6.45, 7) is 3.75. The molecule has 0 spiro atoms. The second-order valence-corrected chi connectivity index (χ2v) is 11.2. The molecule has 0 aliphatic carbocycles. The van der Waals surface area contributed by atoms with Crippen LogP contribution >= 0.6 is 23.4 Å². The highest BCUT2D eigenvalue weighted by Gasteiger charge is 2.49. The first-order valence-corrected chi connectivity index (χ1v) is 12.5. The Balaban J connectivity index is 1.60. The maximum Gasteiger partial charge on any atom is 0.285 e. The molecule has 1 amide bonds. The van der Waals surface area contributed by atoms with Crippen LogP contribution in [0, 0.1) is 13.8 Å². The van der Waals surface area contributed by atoms with Crippen LogP contribution in [0.25, 0.3) is 0 Å². The highest BCUT2D eigenvalue weighted by molar-refractivity contribution is 8.16. The number of carbonyl (C=O) groups excluding carboxylic acids is 1. The first-order valence-electron chi connectivity index (χ1n) is 9.46. The van der Waals surface area contributed by atoms with E-state index < -0.39 is 15.7 Å². The van der Waals surface area contributed by atoms with E-state index in [1.807, 2.05) is 36.9 Å². The van der Waals surface area contributed by atoms with Crippen LogP contribution in [0.4, 0.5) is 5.69 Å². The fourth-order valence-corrected chi connectivity index (χ4v) is 7.87. The van der Waals surface area contributed by atoms with Crippen LogP contribution < -0.4 is 9.64 Å². The molecular weight excluding hydrogens is 444 g/mol. The van der Waals surface area contributed by atoms with Crippen LogP contribution in [0.3, 0.4) is 0 Å². The Kier molecular flexibility index (Phi) is 5.83. The standard InChI is InChI=1S/C21H21ClN2O4S2/c1-13-4-3-5-14(2)20(13)24-17-11-30(26,27)12-18(17)29-21(24)23-19(25)10-28-16-8-6-15(22)7-9-16/h3-9,17-18H,10-12H2,1-2H3/t17-,18-/m0/s1. The van der Waals surface area contributed by atoms with Gasteiger partial charge in [-0.15, -0.1) is 0 Å². The van der Waals surface area contributed by atoms with E-state index in [1.165, 1.54) is 11.8 Å². The van der Waals surface area contributed by atoms with Crippen LogP contribution in [0.2, 0.25) is 5.02 Å². The van der Waals surface area contributed by atoms with Gasteiger partial charge in [0.25, 0.3) is 5.91 Å². The Morgan fingerprint density at radius 1 is 1.17 bits per heavy atom. The van der Waals surface area contributed by atoms with E-state index in [1.54, 1.807) is 24.3 Å². The van der Waals surface area contributed by atoms with Gasteiger partial charge in [0.05, 0.1) is 17.5 Å². The number of carbonyl (C=O) groups is 1. The lowest BCUT2D eigenvalue weighted by atomic mass is 10.1. The lowest BCUT2D eigenvalue weighted by molar-refractivity contribution is -0.119. The van der Waals surface area contributed by atoms with Crippen LogP contribution in [0.5, 0.6) is 5.75 Å². The summed E-state index contributed by atoms with van der Waals surface area (Å²) < 4.78 is 30.0. The van der Waals surface area contributed by atoms with Gasteiger partial charge in [-0.2, -0.15) is 4.99 Å². The molecule has 2 atom stereocenters. The van der Waals surface area contributed by atoms with Gasteiger partial charge in [0.15, 0.2) is 21.6 Å². The molecule has 2 saturated heterocycles. The molecule has 0 aromatic heterocycles. The van der Waals surface area contributed by atoms with Gasteiger partial charge in [0.1, 0.15) is 5.75 Å². The van der Waals surface area contributed by atoms with Gasteiger partial charge >= 0.3 is 0 Å². The normalized spacial score (nSPS) is 23.6. The third-order valence-electron chi connectivity index (χ3n) is 5.14. The minimum atomic E-state index is -3.11. The molecule has 2 aromatic rings. The van der Waals surface area contributed by atoms with Gasteiger partial charge in [-0.1, -0.05) is 41.6 Å². The third-order valence-corrected chi connectivity index (χ3v) is 8.60. The number of amidine groups is 1. The summed E-state index contributed by atoms with van der Waals surface area (Å²) in [6, 6.07) is 12.4. The number of rotatable bonds is 4. The van der Waals surface area contributed by atoms with Gasteiger partial charge in [-0.3, -0.25) is 4.79 Å². The Bertz CT molecular complexity index is 1100. The van der Waals surface area contributed by atoms with E-state index in [0.717, 1.165) is 16.8 Å². The zero-order chi connectivity index (χ0) is 21.5. The zero-order valence-corrected chi connectivity index (χ0v) is 18.9. The maximum atomic E-state index is 12.5. The van der Waals surface area contributed by atoms with E-state index in [-0.39, 0.29) is 29.4 Å². The van der Waals surface area contributed by atoms with Crippen molar-refractivity contribution >= 4 is 50.0 Å². The van der Waals surface area contributed by atoms with E-state index in [2.05, 4.69) is 4.99 Å². The van der Waals surface area contributed by atoms with Crippen LogP contribution in [-0.4, -0.2) is 48.9 Å². The number of ether oxygens (including phenoxy) is 1. The lowest BCUT2D eigenvalue weighted by Gasteiger charge is -2.27. The number of anilines is 1. The SMILES string of the molecule is Cc1cccc(C)c1N1C(=NC(=O)COc2ccc(Cl)cc2)S[C@H]2CS(=O)(=O)C[C@@H]21. The molecule has 0 unspecified atom stereocenters. The topological polar surface area (TPSA) is 76.0 Å². The third kappa shape index (κ3) is 4.36. The second kappa shape index (κ2) is 8.24. The van der Waals surface area contributed by atoms with Gasteiger partial charge in [-0.25, -0.2) is 8.42 Å². The molecule has 2 fully saturated rings. The number of hydrogen-bond donors (Lipinski definition) is 0. The van der Waals surface area contributed by atoms with Gasteiger partial charge < -0.3 is 9.64 Å². The zero-order valence-electron chi connectivity index (χ0n) is 16.5. The summed E-state index contributed by atoms with van der Waals surface area (Å²) in [4.78, 5) is 18.8. The van der Waals surface area contributed by atoms with Gasteiger partial charge in [-0.05, 0) is 49.2 Å². The van der Waals surface area contributed by atoms with Crippen molar-refractivity contribution in [1.82, 2.24) is 0 Å². The molecule has 2 aromatic carbocycles. The Morgan fingerprint density at radius 2 is 1.83 bits per heavy atom. The van der Waals surface area contributed by atoms with Crippen molar-refractivity contribution in [1.29, 1.82) is 0 Å². The first kappa shape index (κ1) is 21.2. The molecule has 2 heterocycles. The smallest absolute Gasteiger partial charge is 0.285 e. The number of thioether (sulfide) groups is 1. The van der Waals surface area contributed by atoms with Crippen molar-refractivity contribution < 1.29 is 17.9 Å². The van der Waals surface area contributed by atoms with Crippen LogP contribution in [0.15, 0.2) is 47.5 Å². The van der Waals surface area contributed by atoms with E-state index in [4.69, 9.17) is 16.3 Å². The first-order chi connectivity index (χ1) is 14.2. The lowest BCUT2D eigenvalue weighted by Crippen LogP contribution is -2.38. The number of benzene rings is 2. The quantitative estimate of drug-likeness (QED) is 0.687. The largest absolute Gasteiger partial charge is 0.484 e. The number of aryl methyl sites for hydroxylation is 2. The average Bonchev–Trinajstić information content (AvgIpc) is 3.13. The molecular formula is C21H21ClN2O4S2. The molecule has 2 aliphatic heterocycles. The number of halogens is 1. The number of sulfone groups is 1. The summed E-state index contributed by atoms with van der Waals surface area (Å²) in [6.07, 6.45) is 0. The predicted octanol–water partition coefficient (Wildman–Crippen LogP) is 3.64. The number of nitrogens with zero attached hydrogens (tertiary/aromatic N) is 2. The summed E-state index contributed by atoms with van der Waals surface area (Å²) in [5, 5.41) is 0.974. The monoisotopic (exact) mass is 464 g/mol. The number of aliphatic imine (C=N–C) groups is 1. The molecule has 0 N–H and O–H groups in total. The van der Waals surface area contributed by atoms with E-state index in [9.17, 15) is 13.2 Å². The Labute approximate surface area is 185 Å². The van der Waals surface area contributed by atoms with Crippen molar-refractivity contribution in [3.8, 4) is 5.75 Å². The summed E-state index contributed by atoms with van der Waals surface area (Å²) in [5.41, 5.74) is 2.94. The number of hydrogen-bond acceptors (Lipinski definition) is 5. The summed E-state index contributed by atoms with van der Waals surface area (Å²) in [7, 11) is -3.11. The number of fused-ring (bicyclic) bond motifs is 1. The molecule has 0 radical (unpaired) electrons. The Hall–Kier alpha value is -2.03. The molecule has 2 aliphatic rings. The van der Waals surface area contributed by atoms with E-state index >= 15 is 0 Å². The molecule has 30 heavy (non-hydrogen) atoms. The summed E-state index contributed by atoms with van der Waals surface area (Å²) in [5.74, 6) is 0.263. The van der Waals surface area contributed by atoms with E-state index in [0.29, 0.717) is 15.9 Å². The minimum absolute atomic E-state index is 0.0624. The maximum absolute atomic E-state index is 12.5. The fourth-order valence-electron chi connectivity index (χ4n) is 3.83. The van der Waals surface area contributed by atoms with Crippen molar-refractivity contribution in [2.75, 3.05) is 23.0 Å². The molecule has 4 rings (SSSR count). The molecule has 9 heteroatoms. The summed E-state index contributed by atoms with van der Waals surface area (Å²) >= 11 is 7.22. The second-order valence-electron chi connectivity index (χ2n) is 7.44. The molecule has 0 bridgehead atoms. The average molecular weight is 465 g/mol. The van der Waals surface area contributed by atoms with Crippen LogP contribution in [0.1, 0.15) is 11.1 Å². The Morgan fingerprint density at radius 3 is 2.50 bits per heavy atom. The highest BCUT2D eigenvalue weighted by atomic mass is 35.5. The van der Waals surface area contributed by atoms with Crippen LogP contribution in [-0.2, 0) is 14.6 Å². The van der Waals surface area contributed by atoms with Crippen molar-refractivity contribution in [2.24, 2.45) is 4.99 Å². The molecule has 6 nitrogen and oxygen atoms in total. The van der Waals surface area contributed by atoms with Gasteiger partial charge in [0, 0.05) is 16.0 Å². The molecule has 158 valence electrons. The van der Waals surface area contributed by atoms with Crippen molar-refractivity contribution in [2.45, 2.75) is 25.1 Å². The number of amides is 1. The fraction of sp³-hybridized carbons (Fsp3) is 0.333. The van der Waals surface area contributed by atoms with Gasteiger partial charge in [0.2, 0.25) is 0 Å². The number of para-hydroxylation sites is 1. The van der Waals surface area contributed by atoms with Crippen molar-refractivity contribution in [3.63, 3.8) is 0 Å². The predicted molar refractivity (Wildman–Crippen MR) is 122 cm³/mol. The molecule has 0 saturated carbocycles. The highest BCUT2D eigenvalue weighted by Crippen LogP contribution is 2.43. The van der Waals surface area contributed by atoms with Crippen molar-refractivity contribution in [3.05, 3.63) is 58.6 Å². The minimum Gasteiger partial charge on any atom is -0.484 e.